The molecular weight excluding hydrogens is 352 g/mol. The third-order valence-electron chi connectivity index (χ3n) is 3.54. The molecule has 0 aliphatic rings. The minimum absolute atomic E-state index is 0.0657. The van der Waals surface area contributed by atoms with E-state index in [2.05, 4.69) is 10.6 Å². The molecule has 2 rings (SSSR count). The van der Waals surface area contributed by atoms with Crippen LogP contribution in [0.25, 0.3) is 0 Å². The Morgan fingerprint density at radius 1 is 1.12 bits per heavy atom. The van der Waals surface area contributed by atoms with Crippen molar-refractivity contribution in [1.29, 1.82) is 0 Å². The van der Waals surface area contributed by atoms with Gasteiger partial charge in [-0.15, -0.1) is 0 Å². The first-order valence-corrected chi connectivity index (χ1v) is 8.29. The number of nitrogens with one attached hydrogen (secondary N) is 2. The lowest BCUT2D eigenvalue weighted by atomic mass is 10.1. The SMILES string of the molecule is COC(=O)c1ccccc1NC(=S)NC(=O)COc1cc(C)ccc1C. The monoisotopic (exact) mass is 372 g/mol. The Morgan fingerprint density at radius 2 is 1.85 bits per heavy atom. The fourth-order valence-electron chi connectivity index (χ4n) is 2.20. The third-order valence-corrected chi connectivity index (χ3v) is 3.74. The lowest BCUT2D eigenvalue weighted by Crippen LogP contribution is -2.37. The predicted octanol–water partition coefficient (Wildman–Crippen LogP) is 2.98. The van der Waals surface area contributed by atoms with Crippen molar-refractivity contribution < 1.29 is 19.1 Å². The molecule has 1 amide bonds. The zero-order valence-electron chi connectivity index (χ0n) is 14.8. The second-order valence-electron chi connectivity index (χ2n) is 5.60. The summed E-state index contributed by atoms with van der Waals surface area (Å²) in [4.78, 5) is 23.8. The van der Waals surface area contributed by atoms with E-state index < -0.39 is 11.9 Å². The second-order valence-corrected chi connectivity index (χ2v) is 6.01. The Hall–Kier alpha value is -2.93. The maximum absolute atomic E-state index is 12.0. The van der Waals surface area contributed by atoms with Gasteiger partial charge in [0.25, 0.3) is 5.91 Å². The van der Waals surface area contributed by atoms with Crippen molar-refractivity contribution in [3.63, 3.8) is 0 Å². The standard InChI is InChI=1S/C19H20N2O4S/c1-12-8-9-13(2)16(10-12)25-11-17(22)21-19(26)20-15-7-5-4-6-14(15)18(23)24-3/h4-10H,11H2,1-3H3,(H2,20,21,22,26). The average molecular weight is 372 g/mol. The van der Waals surface area contributed by atoms with Gasteiger partial charge in [0.05, 0.1) is 18.4 Å². The number of methoxy groups -OCH3 is 1. The van der Waals surface area contributed by atoms with Crippen molar-refractivity contribution in [2.45, 2.75) is 13.8 Å². The summed E-state index contributed by atoms with van der Waals surface area (Å²) in [6.07, 6.45) is 0. The van der Waals surface area contributed by atoms with Crippen LogP contribution in [0.2, 0.25) is 0 Å². The van der Waals surface area contributed by atoms with Crippen LogP contribution in [0.4, 0.5) is 5.69 Å². The zero-order chi connectivity index (χ0) is 19.1. The summed E-state index contributed by atoms with van der Waals surface area (Å²) in [6.45, 7) is 3.68. The second kappa shape index (κ2) is 8.96. The number of para-hydroxylation sites is 1. The number of anilines is 1. The summed E-state index contributed by atoms with van der Waals surface area (Å²) in [6, 6.07) is 12.5. The van der Waals surface area contributed by atoms with Crippen LogP contribution in [-0.2, 0) is 9.53 Å². The number of thiocarbonyl (C=S) groups is 1. The highest BCUT2D eigenvalue weighted by atomic mass is 32.1. The molecule has 0 saturated heterocycles. The highest BCUT2D eigenvalue weighted by molar-refractivity contribution is 7.80. The predicted molar refractivity (Wildman–Crippen MR) is 104 cm³/mol. The van der Waals surface area contributed by atoms with Crippen LogP contribution in [-0.4, -0.2) is 30.7 Å². The summed E-state index contributed by atoms with van der Waals surface area (Å²) in [5.74, 6) is -0.255. The number of carbonyl (C=O) groups is 2. The van der Waals surface area contributed by atoms with Crippen LogP contribution in [0, 0.1) is 13.8 Å². The molecule has 0 atom stereocenters. The first-order chi connectivity index (χ1) is 12.4. The lowest BCUT2D eigenvalue weighted by molar-refractivity contribution is -0.121. The molecule has 0 aliphatic heterocycles. The van der Waals surface area contributed by atoms with Crippen molar-refractivity contribution >= 4 is 34.9 Å². The van der Waals surface area contributed by atoms with Crippen LogP contribution in [0.3, 0.4) is 0 Å². The Bertz CT molecular complexity index is 836. The van der Waals surface area contributed by atoms with E-state index in [4.69, 9.17) is 21.7 Å². The first kappa shape index (κ1) is 19.4. The lowest BCUT2D eigenvalue weighted by Gasteiger charge is -2.13. The molecule has 0 heterocycles. The first-order valence-electron chi connectivity index (χ1n) is 7.89. The maximum atomic E-state index is 12.0. The number of aryl methyl sites for hydroxylation is 2. The summed E-state index contributed by atoms with van der Waals surface area (Å²) in [5.41, 5.74) is 2.75. The van der Waals surface area contributed by atoms with Gasteiger partial charge in [-0.1, -0.05) is 24.3 Å². The third kappa shape index (κ3) is 5.29. The van der Waals surface area contributed by atoms with Gasteiger partial charge in [0.15, 0.2) is 11.7 Å². The number of rotatable bonds is 5. The number of esters is 1. The van der Waals surface area contributed by atoms with Crippen molar-refractivity contribution in [2.75, 3.05) is 19.0 Å². The molecule has 0 saturated carbocycles. The van der Waals surface area contributed by atoms with Crippen LogP contribution >= 0.6 is 12.2 Å². The molecule has 2 aromatic carbocycles. The summed E-state index contributed by atoms with van der Waals surface area (Å²) < 4.78 is 10.3. The summed E-state index contributed by atoms with van der Waals surface area (Å²) in [5, 5.41) is 5.41. The molecule has 0 aliphatic carbocycles. The number of hydrogen-bond donors (Lipinski definition) is 2. The van der Waals surface area contributed by atoms with Gasteiger partial charge in [0, 0.05) is 0 Å². The fourth-order valence-corrected chi connectivity index (χ4v) is 2.43. The van der Waals surface area contributed by atoms with E-state index >= 15 is 0 Å². The Balaban J connectivity index is 1.93. The van der Waals surface area contributed by atoms with E-state index in [0.29, 0.717) is 17.0 Å². The van der Waals surface area contributed by atoms with Gasteiger partial charge in [-0.05, 0) is 55.4 Å². The van der Waals surface area contributed by atoms with Crippen LogP contribution in [0.1, 0.15) is 21.5 Å². The molecule has 6 nitrogen and oxygen atoms in total. The van der Waals surface area contributed by atoms with Crippen molar-refractivity contribution in [3.05, 3.63) is 59.2 Å². The van der Waals surface area contributed by atoms with Gasteiger partial charge in [-0.2, -0.15) is 0 Å². The minimum Gasteiger partial charge on any atom is -0.483 e. The number of ether oxygens (including phenoxy) is 2. The molecule has 136 valence electrons. The van der Waals surface area contributed by atoms with E-state index in [-0.39, 0.29) is 11.7 Å². The van der Waals surface area contributed by atoms with Crippen LogP contribution in [0.5, 0.6) is 5.75 Å². The van der Waals surface area contributed by atoms with E-state index in [1.807, 2.05) is 32.0 Å². The normalized spacial score (nSPS) is 9.96. The largest absolute Gasteiger partial charge is 0.483 e. The highest BCUT2D eigenvalue weighted by Gasteiger charge is 2.13. The number of amides is 1. The molecule has 26 heavy (non-hydrogen) atoms. The molecule has 0 aromatic heterocycles. The Kier molecular flexibility index (Phi) is 6.68. The zero-order valence-corrected chi connectivity index (χ0v) is 15.6. The van der Waals surface area contributed by atoms with Gasteiger partial charge in [-0.25, -0.2) is 4.79 Å². The average Bonchev–Trinajstić information content (AvgIpc) is 2.62. The topological polar surface area (TPSA) is 76.7 Å². The van der Waals surface area contributed by atoms with Gasteiger partial charge in [0.1, 0.15) is 5.75 Å². The fraction of sp³-hybridized carbons (Fsp3) is 0.211. The quantitative estimate of drug-likeness (QED) is 0.621. The molecule has 2 N–H and O–H groups in total. The van der Waals surface area contributed by atoms with E-state index in [1.165, 1.54) is 7.11 Å². The molecular formula is C19H20N2O4S. The van der Waals surface area contributed by atoms with Gasteiger partial charge >= 0.3 is 5.97 Å². The summed E-state index contributed by atoms with van der Waals surface area (Å²) >= 11 is 5.12. The number of hydrogen-bond acceptors (Lipinski definition) is 5. The van der Waals surface area contributed by atoms with Crippen molar-refractivity contribution in [2.24, 2.45) is 0 Å². The highest BCUT2D eigenvalue weighted by Crippen LogP contribution is 2.19. The molecule has 0 unspecified atom stereocenters. The van der Waals surface area contributed by atoms with Crippen LogP contribution in [0.15, 0.2) is 42.5 Å². The Labute approximate surface area is 157 Å². The molecule has 0 fully saturated rings. The van der Waals surface area contributed by atoms with Crippen molar-refractivity contribution in [1.82, 2.24) is 5.32 Å². The maximum Gasteiger partial charge on any atom is 0.339 e. The Morgan fingerprint density at radius 3 is 2.58 bits per heavy atom. The minimum atomic E-state index is -0.500. The van der Waals surface area contributed by atoms with Gasteiger partial charge in [-0.3, -0.25) is 10.1 Å². The molecule has 7 heteroatoms. The smallest absolute Gasteiger partial charge is 0.339 e. The van der Waals surface area contributed by atoms with E-state index in [9.17, 15) is 9.59 Å². The number of benzene rings is 2. The molecule has 2 aromatic rings. The summed E-state index contributed by atoms with van der Waals surface area (Å²) in [7, 11) is 1.30. The number of carbonyl (C=O) groups excluding carboxylic acids is 2. The molecule has 0 spiro atoms. The van der Waals surface area contributed by atoms with E-state index in [0.717, 1.165) is 11.1 Å². The van der Waals surface area contributed by atoms with Gasteiger partial charge in [0.2, 0.25) is 0 Å². The molecule has 0 bridgehead atoms. The van der Waals surface area contributed by atoms with Crippen molar-refractivity contribution in [3.8, 4) is 5.75 Å². The van der Waals surface area contributed by atoms with E-state index in [1.54, 1.807) is 24.3 Å². The van der Waals surface area contributed by atoms with Gasteiger partial charge < -0.3 is 14.8 Å². The van der Waals surface area contributed by atoms with Crippen LogP contribution < -0.4 is 15.4 Å². The molecule has 0 radical (unpaired) electrons.